The van der Waals surface area contributed by atoms with Crippen molar-refractivity contribution >= 4 is 12.1 Å². The molecule has 0 saturated heterocycles. The van der Waals surface area contributed by atoms with Gasteiger partial charge < -0.3 is 4.42 Å². The molecule has 0 saturated carbocycles. The Morgan fingerprint density at radius 1 is 1.41 bits per heavy atom. The number of nitro groups is 1. The van der Waals surface area contributed by atoms with Crippen LogP contribution < -0.4 is 0 Å². The molecule has 3 rings (SSSR count). The molecule has 3 aromatic rings. The average Bonchev–Trinajstić information content (AvgIpc) is 3.16. The molecule has 10 nitrogen and oxygen atoms in total. The van der Waals surface area contributed by atoms with Gasteiger partial charge in [-0.25, -0.2) is 4.68 Å². The molecule has 0 spiro atoms. The first kappa shape index (κ1) is 13.7. The smallest absolute Gasteiger partial charge is 0.400 e. The van der Waals surface area contributed by atoms with Crippen LogP contribution in [-0.2, 0) is 0 Å². The van der Waals surface area contributed by atoms with E-state index in [0.717, 1.165) is 11.4 Å². The fraction of sp³-hybridized carbons (Fsp3) is 0.167. The van der Waals surface area contributed by atoms with Crippen LogP contribution in [0, 0.1) is 24.0 Å². The minimum Gasteiger partial charge on any atom is -0.400 e. The van der Waals surface area contributed by atoms with Gasteiger partial charge in [-0.15, -0.1) is 10.2 Å². The zero-order chi connectivity index (χ0) is 15.7. The van der Waals surface area contributed by atoms with Gasteiger partial charge >= 0.3 is 5.88 Å². The Balaban J connectivity index is 1.90. The van der Waals surface area contributed by atoms with Crippen LogP contribution in [0.3, 0.4) is 0 Å². The quantitative estimate of drug-likeness (QED) is 0.409. The van der Waals surface area contributed by atoms with Crippen LogP contribution in [0.2, 0.25) is 0 Å². The fourth-order valence-electron chi connectivity index (χ4n) is 1.90. The molecule has 3 heterocycles. The van der Waals surface area contributed by atoms with E-state index in [1.165, 1.54) is 29.4 Å². The van der Waals surface area contributed by atoms with Crippen LogP contribution >= 0.6 is 0 Å². The number of furan rings is 1. The zero-order valence-electron chi connectivity index (χ0n) is 11.7. The predicted molar refractivity (Wildman–Crippen MR) is 75.0 cm³/mol. The second-order valence-electron chi connectivity index (χ2n) is 4.49. The maximum Gasteiger partial charge on any atom is 0.433 e. The summed E-state index contributed by atoms with van der Waals surface area (Å²) in [4.78, 5) is 9.94. The highest BCUT2D eigenvalue weighted by atomic mass is 16.6. The number of hydrogen-bond acceptors (Lipinski definition) is 7. The Bertz CT molecular complexity index is 858. The molecule has 0 unspecified atom stereocenters. The lowest BCUT2D eigenvalue weighted by Crippen LogP contribution is -2.06. The molecular formula is C12H11N7O3. The van der Waals surface area contributed by atoms with Gasteiger partial charge in [0, 0.05) is 5.69 Å². The van der Waals surface area contributed by atoms with Gasteiger partial charge in [0.2, 0.25) is 0 Å². The topological polar surface area (TPSA) is 117 Å². The molecule has 0 atom stereocenters. The molecular weight excluding hydrogens is 290 g/mol. The summed E-state index contributed by atoms with van der Waals surface area (Å²) < 4.78 is 7.99. The van der Waals surface area contributed by atoms with Crippen molar-refractivity contribution in [3.05, 3.63) is 51.8 Å². The molecule has 0 aliphatic carbocycles. The largest absolute Gasteiger partial charge is 0.433 e. The summed E-state index contributed by atoms with van der Waals surface area (Å²) in [5.41, 5.74) is 1.73. The van der Waals surface area contributed by atoms with Crippen molar-refractivity contribution < 1.29 is 9.34 Å². The van der Waals surface area contributed by atoms with Gasteiger partial charge in [0.25, 0.3) is 5.95 Å². The van der Waals surface area contributed by atoms with Gasteiger partial charge in [-0.3, -0.25) is 10.1 Å². The van der Waals surface area contributed by atoms with Crippen molar-refractivity contribution in [1.82, 2.24) is 24.7 Å². The SMILES string of the molecule is Cc1cc(C)n(-c2nncn2/N=C\c2ccc([N+](=O)[O-])o2)n1. The molecule has 10 heteroatoms. The molecule has 0 aliphatic heterocycles. The van der Waals surface area contributed by atoms with Gasteiger partial charge in [-0.1, -0.05) is 0 Å². The van der Waals surface area contributed by atoms with Crippen molar-refractivity contribution in [2.24, 2.45) is 5.10 Å². The lowest BCUT2D eigenvalue weighted by molar-refractivity contribution is -0.402. The summed E-state index contributed by atoms with van der Waals surface area (Å²) in [7, 11) is 0. The lowest BCUT2D eigenvalue weighted by Gasteiger charge is -2.01. The number of aryl methyl sites for hydroxylation is 2. The molecule has 0 amide bonds. The summed E-state index contributed by atoms with van der Waals surface area (Å²) in [6, 6.07) is 4.61. The average molecular weight is 301 g/mol. The van der Waals surface area contributed by atoms with Crippen LogP contribution in [-0.4, -0.2) is 35.8 Å². The Morgan fingerprint density at radius 3 is 2.86 bits per heavy atom. The molecule has 112 valence electrons. The minimum absolute atomic E-state index is 0.250. The number of hydrogen-bond donors (Lipinski definition) is 0. The highest BCUT2D eigenvalue weighted by molar-refractivity contribution is 5.76. The standard InChI is InChI=1S/C12H11N7O3/c1-8-5-9(2)18(16-8)12-15-13-7-17(12)14-6-10-3-4-11(22-10)19(20)21/h3-7H,1-2H3/b14-6-. The van der Waals surface area contributed by atoms with Gasteiger partial charge in [0.15, 0.2) is 5.76 Å². The van der Waals surface area contributed by atoms with E-state index >= 15 is 0 Å². The highest BCUT2D eigenvalue weighted by Gasteiger charge is 2.12. The highest BCUT2D eigenvalue weighted by Crippen LogP contribution is 2.14. The van der Waals surface area contributed by atoms with Crippen molar-refractivity contribution in [2.45, 2.75) is 13.8 Å². The summed E-state index contributed by atoms with van der Waals surface area (Å²) in [6.45, 7) is 3.76. The maximum absolute atomic E-state index is 10.6. The Morgan fingerprint density at radius 2 is 2.23 bits per heavy atom. The van der Waals surface area contributed by atoms with Gasteiger partial charge in [-0.05, 0) is 26.0 Å². The van der Waals surface area contributed by atoms with E-state index in [1.54, 1.807) is 4.68 Å². The molecule has 0 aliphatic rings. The van der Waals surface area contributed by atoms with Crippen LogP contribution in [0.15, 0.2) is 34.0 Å². The number of nitrogens with zero attached hydrogens (tertiary/aromatic N) is 7. The maximum atomic E-state index is 10.6. The van der Waals surface area contributed by atoms with E-state index in [1.807, 2.05) is 19.9 Å². The fourth-order valence-corrected chi connectivity index (χ4v) is 1.90. The Kier molecular flexibility index (Phi) is 3.26. The molecule has 0 aromatic carbocycles. The van der Waals surface area contributed by atoms with Crippen LogP contribution in [0.5, 0.6) is 0 Å². The second-order valence-corrected chi connectivity index (χ2v) is 4.49. The van der Waals surface area contributed by atoms with Crippen molar-refractivity contribution in [1.29, 1.82) is 0 Å². The third-order valence-corrected chi connectivity index (χ3v) is 2.81. The first-order chi connectivity index (χ1) is 10.5. The molecule has 3 aromatic heterocycles. The van der Waals surface area contributed by atoms with Crippen molar-refractivity contribution in [3.8, 4) is 5.95 Å². The van der Waals surface area contributed by atoms with Gasteiger partial charge in [-0.2, -0.15) is 14.9 Å². The lowest BCUT2D eigenvalue weighted by atomic mass is 10.4. The van der Waals surface area contributed by atoms with Crippen LogP contribution in [0.25, 0.3) is 5.95 Å². The van der Waals surface area contributed by atoms with E-state index in [2.05, 4.69) is 20.4 Å². The number of rotatable bonds is 4. The van der Waals surface area contributed by atoms with Crippen LogP contribution in [0.4, 0.5) is 5.88 Å². The summed E-state index contributed by atoms with van der Waals surface area (Å²) in [5.74, 6) is 0.312. The molecule has 0 fully saturated rings. The van der Waals surface area contributed by atoms with E-state index in [9.17, 15) is 10.1 Å². The summed E-state index contributed by atoms with van der Waals surface area (Å²) in [6.07, 6.45) is 2.74. The van der Waals surface area contributed by atoms with E-state index in [-0.39, 0.29) is 11.6 Å². The third kappa shape index (κ3) is 2.49. The van der Waals surface area contributed by atoms with E-state index in [0.29, 0.717) is 5.95 Å². The third-order valence-electron chi connectivity index (χ3n) is 2.81. The Hall–Kier alpha value is -3.30. The monoisotopic (exact) mass is 301 g/mol. The first-order valence-corrected chi connectivity index (χ1v) is 6.27. The Labute approximate surface area is 123 Å². The normalized spacial score (nSPS) is 11.4. The molecule has 0 radical (unpaired) electrons. The van der Waals surface area contributed by atoms with E-state index < -0.39 is 4.92 Å². The second kappa shape index (κ2) is 5.24. The van der Waals surface area contributed by atoms with Gasteiger partial charge in [0.1, 0.15) is 11.3 Å². The summed E-state index contributed by atoms with van der Waals surface area (Å²) >= 11 is 0. The number of aromatic nitrogens is 5. The molecule has 22 heavy (non-hydrogen) atoms. The van der Waals surface area contributed by atoms with E-state index in [4.69, 9.17) is 4.42 Å². The molecule has 0 bridgehead atoms. The minimum atomic E-state index is -0.614. The van der Waals surface area contributed by atoms with Gasteiger partial charge in [0.05, 0.1) is 18.0 Å². The molecule has 0 N–H and O–H groups in total. The summed E-state index contributed by atoms with van der Waals surface area (Å²) in [5, 5.41) is 26.7. The predicted octanol–water partition coefficient (Wildman–Crippen LogP) is 1.46. The first-order valence-electron chi connectivity index (χ1n) is 6.27. The zero-order valence-corrected chi connectivity index (χ0v) is 11.7. The van der Waals surface area contributed by atoms with Crippen molar-refractivity contribution in [3.63, 3.8) is 0 Å². The van der Waals surface area contributed by atoms with Crippen LogP contribution in [0.1, 0.15) is 17.1 Å². The van der Waals surface area contributed by atoms with Crippen molar-refractivity contribution in [2.75, 3.05) is 0 Å².